The highest BCUT2D eigenvalue weighted by Gasteiger charge is 2.17. The SMILES string of the molecule is C=C(CC(C)O)c1c2ccccc2c2ccc3cccc4ccc1c2c43. The number of aliphatic hydroxyl groups is 1. The Kier molecular flexibility index (Phi) is 3.28. The van der Waals surface area contributed by atoms with Crippen LogP contribution in [-0.2, 0) is 0 Å². The molecule has 1 atom stereocenters. The lowest BCUT2D eigenvalue weighted by atomic mass is 9.85. The van der Waals surface area contributed by atoms with Crippen LogP contribution in [0.5, 0.6) is 0 Å². The summed E-state index contributed by atoms with van der Waals surface area (Å²) < 4.78 is 0. The first-order valence-corrected chi connectivity index (χ1v) is 9.09. The van der Waals surface area contributed by atoms with E-state index in [1.807, 2.05) is 6.92 Å². The molecule has 1 unspecified atom stereocenters. The predicted molar refractivity (Wildman–Crippen MR) is 113 cm³/mol. The van der Waals surface area contributed by atoms with Crippen molar-refractivity contribution in [3.05, 3.63) is 78.9 Å². The molecular weight excluding hydrogens is 316 g/mol. The molecule has 0 heterocycles. The van der Waals surface area contributed by atoms with Crippen LogP contribution in [0.2, 0.25) is 0 Å². The molecular formula is C25H20O. The number of benzene rings is 5. The molecule has 0 radical (unpaired) electrons. The molecule has 0 aliphatic heterocycles. The first kappa shape index (κ1) is 15.4. The Hall–Kier alpha value is -2.90. The molecule has 5 rings (SSSR count). The van der Waals surface area contributed by atoms with Crippen molar-refractivity contribution in [2.24, 2.45) is 0 Å². The molecule has 26 heavy (non-hydrogen) atoms. The van der Waals surface area contributed by atoms with E-state index < -0.39 is 6.10 Å². The molecule has 1 heteroatoms. The van der Waals surface area contributed by atoms with E-state index in [0.29, 0.717) is 6.42 Å². The summed E-state index contributed by atoms with van der Waals surface area (Å²) in [6.07, 6.45) is 0.174. The maximum atomic E-state index is 9.94. The van der Waals surface area contributed by atoms with Crippen molar-refractivity contribution in [3.8, 4) is 0 Å². The van der Waals surface area contributed by atoms with Crippen LogP contribution in [0, 0.1) is 0 Å². The molecule has 5 aromatic carbocycles. The zero-order valence-electron chi connectivity index (χ0n) is 14.8. The summed E-state index contributed by atoms with van der Waals surface area (Å²) in [5.74, 6) is 0. The van der Waals surface area contributed by atoms with E-state index in [0.717, 1.165) is 5.57 Å². The lowest BCUT2D eigenvalue weighted by molar-refractivity contribution is 0.201. The van der Waals surface area contributed by atoms with E-state index in [4.69, 9.17) is 0 Å². The molecule has 0 aromatic heterocycles. The van der Waals surface area contributed by atoms with Crippen molar-refractivity contribution in [2.45, 2.75) is 19.4 Å². The van der Waals surface area contributed by atoms with Gasteiger partial charge in [-0.2, -0.15) is 0 Å². The monoisotopic (exact) mass is 336 g/mol. The minimum atomic E-state index is -0.403. The Labute approximate surface area is 152 Å². The number of aliphatic hydroxyl groups excluding tert-OH is 1. The number of hydrogen-bond donors (Lipinski definition) is 1. The third-order valence-corrected chi connectivity index (χ3v) is 5.43. The Balaban J connectivity index is 2.06. The summed E-state index contributed by atoms with van der Waals surface area (Å²) >= 11 is 0. The van der Waals surface area contributed by atoms with Crippen LogP contribution in [0.3, 0.4) is 0 Å². The Morgan fingerprint density at radius 3 is 2.12 bits per heavy atom. The van der Waals surface area contributed by atoms with Crippen molar-refractivity contribution in [1.29, 1.82) is 0 Å². The molecule has 0 bridgehead atoms. The second kappa shape index (κ2) is 5.55. The van der Waals surface area contributed by atoms with E-state index in [9.17, 15) is 5.11 Å². The lowest BCUT2D eigenvalue weighted by Crippen LogP contribution is -2.01. The zero-order valence-corrected chi connectivity index (χ0v) is 14.8. The number of fused-ring (bicyclic) bond motifs is 2. The topological polar surface area (TPSA) is 20.2 Å². The van der Waals surface area contributed by atoms with Gasteiger partial charge in [-0.25, -0.2) is 0 Å². The average Bonchev–Trinajstić information content (AvgIpc) is 2.64. The Morgan fingerprint density at radius 1 is 0.769 bits per heavy atom. The summed E-state index contributed by atoms with van der Waals surface area (Å²) in [5.41, 5.74) is 2.17. The quantitative estimate of drug-likeness (QED) is 0.294. The molecule has 1 nitrogen and oxygen atoms in total. The fourth-order valence-electron chi connectivity index (χ4n) is 4.44. The van der Waals surface area contributed by atoms with Crippen LogP contribution in [0.1, 0.15) is 18.9 Å². The maximum absolute atomic E-state index is 9.94. The van der Waals surface area contributed by atoms with Gasteiger partial charge in [-0.15, -0.1) is 0 Å². The number of rotatable bonds is 3. The van der Waals surface area contributed by atoms with Gasteiger partial charge in [-0.3, -0.25) is 0 Å². The van der Waals surface area contributed by atoms with Crippen LogP contribution in [-0.4, -0.2) is 11.2 Å². The summed E-state index contributed by atoms with van der Waals surface area (Å²) in [4.78, 5) is 0. The van der Waals surface area contributed by atoms with Crippen molar-refractivity contribution >= 4 is 48.7 Å². The van der Waals surface area contributed by atoms with Crippen LogP contribution in [0.15, 0.2) is 73.3 Å². The summed E-state index contributed by atoms with van der Waals surface area (Å²) in [7, 11) is 0. The largest absolute Gasteiger partial charge is 0.393 e. The third-order valence-electron chi connectivity index (χ3n) is 5.43. The first-order valence-electron chi connectivity index (χ1n) is 9.09. The van der Waals surface area contributed by atoms with E-state index in [1.165, 1.54) is 48.7 Å². The van der Waals surface area contributed by atoms with Crippen molar-refractivity contribution in [1.82, 2.24) is 0 Å². The summed E-state index contributed by atoms with van der Waals surface area (Å²) in [6, 6.07) is 23.9. The van der Waals surface area contributed by atoms with Gasteiger partial charge in [-0.05, 0) is 67.6 Å². The minimum absolute atomic E-state index is 0.403. The molecule has 1 N–H and O–H groups in total. The first-order chi connectivity index (χ1) is 12.6. The molecule has 0 saturated carbocycles. The fourth-order valence-corrected chi connectivity index (χ4v) is 4.44. The second-order valence-electron chi connectivity index (χ2n) is 7.26. The van der Waals surface area contributed by atoms with Crippen LogP contribution in [0.4, 0.5) is 0 Å². The Morgan fingerprint density at radius 2 is 1.42 bits per heavy atom. The van der Waals surface area contributed by atoms with Crippen molar-refractivity contribution < 1.29 is 5.11 Å². The predicted octanol–water partition coefficient (Wildman–Crippen LogP) is 6.52. The van der Waals surface area contributed by atoms with Crippen molar-refractivity contribution in [3.63, 3.8) is 0 Å². The number of hydrogen-bond acceptors (Lipinski definition) is 1. The highest BCUT2D eigenvalue weighted by molar-refractivity contribution is 6.31. The smallest absolute Gasteiger partial charge is 0.0552 e. The van der Waals surface area contributed by atoms with Gasteiger partial charge in [0.05, 0.1) is 6.10 Å². The maximum Gasteiger partial charge on any atom is 0.0552 e. The third kappa shape index (κ3) is 2.07. The molecule has 5 aromatic rings. The van der Waals surface area contributed by atoms with Crippen LogP contribution < -0.4 is 0 Å². The minimum Gasteiger partial charge on any atom is -0.393 e. The highest BCUT2D eigenvalue weighted by atomic mass is 16.3. The summed E-state index contributed by atoms with van der Waals surface area (Å²) in [5, 5.41) is 20.1. The van der Waals surface area contributed by atoms with E-state index in [-0.39, 0.29) is 0 Å². The van der Waals surface area contributed by atoms with E-state index >= 15 is 0 Å². The van der Waals surface area contributed by atoms with Gasteiger partial charge in [0.2, 0.25) is 0 Å². The van der Waals surface area contributed by atoms with Gasteiger partial charge in [0.15, 0.2) is 0 Å². The second-order valence-corrected chi connectivity index (χ2v) is 7.26. The van der Waals surface area contributed by atoms with Gasteiger partial charge in [0.1, 0.15) is 0 Å². The molecule has 126 valence electrons. The highest BCUT2D eigenvalue weighted by Crippen LogP contribution is 2.43. The van der Waals surface area contributed by atoms with E-state index in [1.54, 1.807) is 0 Å². The van der Waals surface area contributed by atoms with Crippen molar-refractivity contribution in [2.75, 3.05) is 0 Å². The fraction of sp³-hybridized carbons (Fsp3) is 0.120. The van der Waals surface area contributed by atoms with Gasteiger partial charge < -0.3 is 5.11 Å². The van der Waals surface area contributed by atoms with Gasteiger partial charge in [0, 0.05) is 0 Å². The van der Waals surface area contributed by atoms with Crippen LogP contribution >= 0.6 is 0 Å². The van der Waals surface area contributed by atoms with Crippen LogP contribution in [0.25, 0.3) is 48.7 Å². The van der Waals surface area contributed by atoms with Gasteiger partial charge >= 0.3 is 0 Å². The normalized spacial score (nSPS) is 13.2. The molecule has 0 aliphatic carbocycles. The average molecular weight is 336 g/mol. The Bertz CT molecular complexity index is 1280. The molecule has 0 amide bonds. The van der Waals surface area contributed by atoms with Gasteiger partial charge in [0.25, 0.3) is 0 Å². The zero-order chi connectivity index (χ0) is 17.8. The molecule has 0 spiro atoms. The molecule has 0 aliphatic rings. The molecule has 0 saturated heterocycles. The molecule has 0 fully saturated rings. The lowest BCUT2D eigenvalue weighted by Gasteiger charge is -2.19. The standard InChI is InChI=1S/C25H20O/c1-15(14-16(2)26)23-20-9-4-3-8-19(20)21-12-10-17-6-5-7-18-11-13-22(23)25(21)24(17)18/h3-13,16,26H,1,14H2,2H3. The van der Waals surface area contributed by atoms with Gasteiger partial charge in [-0.1, -0.05) is 73.3 Å². The summed E-state index contributed by atoms with van der Waals surface area (Å²) in [6.45, 7) is 6.16. The van der Waals surface area contributed by atoms with E-state index in [2.05, 4.69) is 73.3 Å².